The molecule has 2 aromatic rings. The zero-order valence-electron chi connectivity index (χ0n) is 9.48. The molecule has 2 bridgehead atoms. The van der Waals surface area contributed by atoms with Crippen LogP contribution in [0.4, 0.5) is 0 Å². The van der Waals surface area contributed by atoms with E-state index in [-0.39, 0.29) is 0 Å². The fraction of sp³-hybridized carbons (Fsp3) is 0.385. The van der Waals surface area contributed by atoms with Crippen molar-refractivity contribution >= 4 is 0 Å². The van der Waals surface area contributed by atoms with Crippen molar-refractivity contribution in [1.82, 2.24) is 20.5 Å². The summed E-state index contributed by atoms with van der Waals surface area (Å²) in [5.74, 6) is 0. The van der Waals surface area contributed by atoms with Gasteiger partial charge in [0.25, 0.3) is 0 Å². The molecule has 1 fully saturated rings. The molecular weight excluding hydrogens is 212 g/mol. The number of H-pyrrole nitrogens is 1. The number of aromatic nitrogens is 3. The number of pyridine rings is 1. The number of fused-ring (bicyclic) bond motifs is 4. The van der Waals surface area contributed by atoms with Gasteiger partial charge in [0.05, 0.1) is 5.69 Å². The Morgan fingerprint density at radius 2 is 2.29 bits per heavy atom. The van der Waals surface area contributed by atoms with Crippen LogP contribution in [0.1, 0.15) is 30.1 Å². The smallest absolute Gasteiger partial charge is 0.0986 e. The standard InChI is InChI=1S/C13H14N4/c1-2-8(7-14-5-1)13-12-10-4-3-9(15-10)6-11(12)16-17-13/h1-2,5,7,9-10,15H,3-4,6H2,(H,16,17)/t9-,10-/m1/s1. The molecular formula is C13H14N4. The first-order valence-corrected chi connectivity index (χ1v) is 6.15. The highest BCUT2D eigenvalue weighted by molar-refractivity contribution is 5.64. The molecule has 0 radical (unpaired) electrons. The lowest BCUT2D eigenvalue weighted by molar-refractivity contribution is 0.511. The Morgan fingerprint density at radius 1 is 1.29 bits per heavy atom. The Hall–Kier alpha value is -1.68. The third-order valence-electron chi connectivity index (χ3n) is 3.86. The van der Waals surface area contributed by atoms with Crippen molar-refractivity contribution < 1.29 is 0 Å². The first-order chi connectivity index (χ1) is 8.42. The van der Waals surface area contributed by atoms with Gasteiger partial charge in [-0.2, -0.15) is 5.10 Å². The van der Waals surface area contributed by atoms with E-state index in [0.717, 1.165) is 17.7 Å². The molecule has 2 aliphatic heterocycles. The van der Waals surface area contributed by atoms with Crippen molar-refractivity contribution in [3.05, 3.63) is 35.8 Å². The summed E-state index contributed by atoms with van der Waals surface area (Å²) in [4.78, 5) is 4.18. The fourth-order valence-electron chi connectivity index (χ4n) is 3.09. The largest absolute Gasteiger partial charge is 0.307 e. The van der Waals surface area contributed by atoms with Gasteiger partial charge in [0.2, 0.25) is 0 Å². The summed E-state index contributed by atoms with van der Waals surface area (Å²) in [6.07, 6.45) is 7.27. The maximum Gasteiger partial charge on any atom is 0.0986 e. The maximum absolute atomic E-state index is 4.48. The first kappa shape index (κ1) is 9.36. The van der Waals surface area contributed by atoms with Crippen LogP contribution in [0.3, 0.4) is 0 Å². The summed E-state index contributed by atoms with van der Waals surface area (Å²) < 4.78 is 0. The molecule has 2 N–H and O–H groups in total. The predicted molar refractivity (Wildman–Crippen MR) is 64.4 cm³/mol. The second-order valence-corrected chi connectivity index (χ2v) is 4.90. The molecule has 0 aromatic carbocycles. The molecule has 0 saturated carbocycles. The molecule has 0 unspecified atom stereocenters. The average Bonchev–Trinajstić information content (AvgIpc) is 2.96. The van der Waals surface area contributed by atoms with Crippen LogP contribution in [0.5, 0.6) is 0 Å². The van der Waals surface area contributed by atoms with E-state index in [1.54, 1.807) is 6.20 Å². The lowest BCUT2D eigenvalue weighted by Crippen LogP contribution is -2.31. The number of hydrogen-bond acceptors (Lipinski definition) is 3. The molecule has 2 aliphatic rings. The van der Waals surface area contributed by atoms with Gasteiger partial charge < -0.3 is 5.32 Å². The van der Waals surface area contributed by atoms with E-state index in [9.17, 15) is 0 Å². The first-order valence-electron chi connectivity index (χ1n) is 6.15. The Bertz CT molecular complexity index is 546. The molecule has 4 nitrogen and oxygen atoms in total. The Balaban J connectivity index is 1.87. The predicted octanol–water partition coefficient (Wildman–Crippen LogP) is 1.82. The van der Waals surface area contributed by atoms with E-state index in [2.05, 4.69) is 26.6 Å². The third-order valence-corrected chi connectivity index (χ3v) is 3.86. The zero-order valence-corrected chi connectivity index (χ0v) is 9.48. The van der Waals surface area contributed by atoms with E-state index < -0.39 is 0 Å². The van der Waals surface area contributed by atoms with Gasteiger partial charge in [0.15, 0.2) is 0 Å². The van der Waals surface area contributed by atoms with Crippen LogP contribution in [0.25, 0.3) is 11.3 Å². The van der Waals surface area contributed by atoms with E-state index in [4.69, 9.17) is 0 Å². The van der Waals surface area contributed by atoms with Gasteiger partial charge in [-0.3, -0.25) is 10.1 Å². The van der Waals surface area contributed by atoms with Gasteiger partial charge >= 0.3 is 0 Å². The zero-order chi connectivity index (χ0) is 11.2. The van der Waals surface area contributed by atoms with Crippen molar-refractivity contribution in [2.45, 2.75) is 31.3 Å². The molecule has 4 heteroatoms. The molecule has 0 amide bonds. The number of hydrogen-bond donors (Lipinski definition) is 2. The minimum absolute atomic E-state index is 0.484. The normalized spacial score (nSPS) is 25.9. The van der Waals surface area contributed by atoms with Crippen molar-refractivity contribution in [3.63, 3.8) is 0 Å². The topological polar surface area (TPSA) is 53.6 Å². The molecule has 86 valence electrons. The van der Waals surface area contributed by atoms with Gasteiger partial charge in [-0.05, 0) is 25.0 Å². The molecule has 0 aliphatic carbocycles. The number of aromatic amines is 1. The lowest BCUT2D eigenvalue weighted by atomic mass is 9.97. The summed E-state index contributed by atoms with van der Waals surface area (Å²) in [7, 11) is 0. The fourth-order valence-corrected chi connectivity index (χ4v) is 3.09. The average molecular weight is 226 g/mol. The van der Waals surface area contributed by atoms with E-state index in [0.29, 0.717) is 12.1 Å². The van der Waals surface area contributed by atoms with Crippen molar-refractivity contribution in [2.75, 3.05) is 0 Å². The van der Waals surface area contributed by atoms with Crippen LogP contribution in [0.15, 0.2) is 24.5 Å². The van der Waals surface area contributed by atoms with Crippen LogP contribution >= 0.6 is 0 Å². The van der Waals surface area contributed by atoms with Crippen LogP contribution in [0.2, 0.25) is 0 Å². The van der Waals surface area contributed by atoms with Gasteiger partial charge in [-0.25, -0.2) is 0 Å². The SMILES string of the molecule is c1cncc(-c2n[nH]c3c2[C@H]2CC[C@H](C3)N2)c1. The van der Waals surface area contributed by atoms with Crippen molar-refractivity contribution in [1.29, 1.82) is 0 Å². The Labute approximate surface area is 99.5 Å². The summed E-state index contributed by atoms with van der Waals surface area (Å²) in [5, 5.41) is 11.4. The minimum atomic E-state index is 0.484. The Morgan fingerprint density at radius 3 is 3.18 bits per heavy atom. The monoisotopic (exact) mass is 226 g/mol. The second-order valence-electron chi connectivity index (χ2n) is 4.90. The van der Waals surface area contributed by atoms with Crippen LogP contribution in [-0.2, 0) is 6.42 Å². The molecule has 1 saturated heterocycles. The van der Waals surface area contributed by atoms with E-state index in [1.807, 2.05) is 12.3 Å². The summed E-state index contributed by atoms with van der Waals surface area (Å²) in [5.41, 5.74) is 4.87. The van der Waals surface area contributed by atoms with Gasteiger partial charge in [0, 0.05) is 47.7 Å². The van der Waals surface area contributed by atoms with Crippen molar-refractivity contribution in [2.24, 2.45) is 0 Å². The second kappa shape index (κ2) is 3.40. The summed E-state index contributed by atoms with van der Waals surface area (Å²) in [6, 6.07) is 5.17. The quantitative estimate of drug-likeness (QED) is 0.780. The minimum Gasteiger partial charge on any atom is -0.307 e. The molecule has 0 spiro atoms. The van der Waals surface area contributed by atoms with Gasteiger partial charge in [-0.15, -0.1) is 0 Å². The summed E-state index contributed by atoms with van der Waals surface area (Å²) >= 11 is 0. The van der Waals surface area contributed by atoms with Gasteiger partial charge in [0.1, 0.15) is 0 Å². The Kier molecular flexibility index (Phi) is 1.87. The molecule has 2 atom stereocenters. The third kappa shape index (κ3) is 1.34. The number of nitrogens with zero attached hydrogens (tertiary/aromatic N) is 2. The molecule has 4 rings (SSSR count). The molecule has 17 heavy (non-hydrogen) atoms. The van der Waals surface area contributed by atoms with Crippen LogP contribution < -0.4 is 5.32 Å². The highest BCUT2D eigenvalue weighted by Gasteiger charge is 2.35. The maximum atomic E-state index is 4.48. The molecule has 4 heterocycles. The lowest BCUT2D eigenvalue weighted by Gasteiger charge is -2.21. The highest BCUT2D eigenvalue weighted by atomic mass is 15.2. The summed E-state index contributed by atoms with van der Waals surface area (Å²) in [6.45, 7) is 0. The van der Waals surface area contributed by atoms with E-state index >= 15 is 0 Å². The van der Waals surface area contributed by atoms with Gasteiger partial charge in [-0.1, -0.05) is 0 Å². The van der Waals surface area contributed by atoms with Crippen molar-refractivity contribution in [3.8, 4) is 11.3 Å². The molecule has 2 aromatic heterocycles. The van der Waals surface area contributed by atoms with E-state index in [1.165, 1.54) is 24.1 Å². The number of nitrogens with one attached hydrogen (secondary N) is 2. The number of rotatable bonds is 1. The van der Waals surface area contributed by atoms with Crippen LogP contribution in [0, 0.1) is 0 Å². The highest BCUT2D eigenvalue weighted by Crippen LogP contribution is 2.39. The van der Waals surface area contributed by atoms with Crippen LogP contribution in [-0.4, -0.2) is 21.2 Å².